The Morgan fingerprint density at radius 2 is 1.72 bits per heavy atom. The lowest BCUT2D eigenvalue weighted by Crippen LogP contribution is -2.29. The van der Waals surface area contributed by atoms with E-state index in [4.69, 9.17) is 0 Å². The Bertz CT molecular complexity index is 1330. The molecule has 0 atom stereocenters. The first-order valence-electron chi connectivity index (χ1n) is 10.0. The quantitative estimate of drug-likeness (QED) is 0.464. The van der Waals surface area contributed by atoms with E-state index in [1.807, 2.05) is 13.8 Å². The molecule has 8 nitrogen and oxygen atoms in total. The summed E-state index contributed by atoms with van der Waals surface area (Å²) in [7, 11) is 0. The number of carbonyl (C=O) groups excluding carboxylic acids is 2. The molecular formula is C23H21N5O3S. The lowest BCUT2D eigenvalue weighted by Gasteiger charge is -2.13. The summed E-state index contributed by atoms with van der Waals surface area (Å²) in [5, 5.41) is 13.1. The van der Waals surface area contributed by atoms with Gasteiger partial charge in [0.15, 0.2) is 10.8 Å². The molecule has 32 heavy (non-hydrogen) atoms. The van der Waals surface area contributed by atoms with Gasteiger partial charge in [-0.05, 0) is 36.2 Å². The van der Waals surface area contributed by atoms with Crippen LogP contribution in [0, 0.1) is 5.92 Å². The van der Waals surface area contributed by atoms with Crippen molar-refractivity contribution < 1.29 is 9.59 Å². The number of hydrogen-bond acceptors (Lipinski definition) is 6. The fraction of sp³-hybridized carbons (Fsp3) is 0.174. The number of carbonyl (C=O) groups is 2. The normalized spacial score (nSPS) is 11.0. The van der Waals surface area contributed by atoms with Gasteiger partial charge in [-0.1, -0.05) is 32.0 Å². The Morgan fingerprint density at radius 3 is 2.38 bits per heavy atom. The first kappa shape index (κ1) is 21.4. The molecule has 4 rings (SSSR count). The van der Waals surface area contributed by atoms with Gasteiger partial charge in [0, 0.05) is 34.8 Å². The van der Waals surface area contributed by atoms with Gasteiger partial charge < -0.3 is 5.32 Å². The van der Waals surface area contributed by atoms with Crippen LogP contribution in [0.1, 0.15) is 34.7 Å². The SMILES string of the molecule is CC(C)Cn1nc(C(=O)Nc2ccc(C(=O)Nc3nccs3)cc2)c2ccccc2c1=O. The molecule has 2 N–H and O–H groups in total. The van der Waals surface area contributed by atoms with Crippen molar-refractivity contribution in [3.63, 3.8) is 0 Å². The summed E-state index contributed by atoms with van der Waals surface area (Å²) in [6, 6.07) is 13.5. The minimum Gasteiger partial charge on any atom is -0.321 e. The largest absolute Gasteiger partial charge is 0.321 e. The highest BCUT2D eigenvalue weighted by molar-refractivity contribution is 7.13. The number of amides is 2. The minimum absolute atomic E-state index is 0.173. The summed E-state index contributed by atoms with van der Waals surface area (Å²) in [5.41, 5.74) is 0.897. The molecule has 0 fully saturated rings. The maximum absolute atomic E-state index is 13.0. The van der Waals surface area contributed by atoms with E-state index in [1.54, 1.807) is 60.1 Å². The molecule has 162 valence electrons. The van der Waals surface area contributed by atoms with Gasteiger partial charge in [-0.15, -0.1) is 11.3 Å². The Kier molecular flexibility index (Phi) is 6.09. The van der Waals surface area contributed by atoms with E-state index in [0.29, 0.717) is 33.7 Å². The fourth-order valence-corrected chi connectivity index (χ4v) is 3.75. The van der Waals surface area contributed by atoms with Gasteiger partial charge in [0.05, 0.1) is 5.39 Å². The Balaban J connectivity index is 1.58. The number of nitrogens with one attached hydrogen (secondary N) is 2. The van der Waals surface area contributed by atoms with Crippen molar-refractivity contribution >= 4 is 44.7 Å². The van der Waals surface area contributed by atoms with Gasteiger partial charge in [-0.2, -0.15) is 5.10 Å². The Labute approximate surface area is 187 Å². The summed E-state index contributed by atoms with van der Waals surface area (Å²) < 4.78 is 1.34. The van der Waals surface area contributed by atoms with Crippen molar-refractivity contribution in [2.24, 2.45) is 5.92 Å². The summed E-state index contributed by atoms with van der Waals surface area (Å²) in [6.07, 6.45) is 1.61. The van der Waals surface area contributed by atoms with E-state index >= 15 is 0 Å². The highest BCUT2D eigenvalue weighted by Gasteiger charge is 2.17. The van der Waals surface area contributed by atoms with Gasteiger partial charge >= 0.3 is 0 Å². The van der Waals surface area contributed by atoms with Crippen molar-refractivity contribution in [1.29, 1.82) is 0 Å². The van der Waals surface area contributed by atoms with Crippen LogP contribution in [0.4, 0.5) is 10.8 Å². The van der Waals surface area contributed by atoms with Gasteiger partial charge in [0.2, 0.25) is 0 Å². The summed E-state index contributed by atoms with van der Waals surface area (Å²) in [5.74, 6) is -0.523. The van der Waals surface area contributed by atoms with Crippen LogP contribution in [0.3, 0.4) is 0 Å². The van der Waals surface area contributed by atoms with Gasteiger partial charge in [0.25, 0.3) is 17.4 Å². The predicted octanol–water partition coefficient (Wildman–Crippen LogP) is 4.01. The van der Waals surface area contributed by atoms with Crippen LogP contribution < -0.4 is 16.2 Å². The number of thiazole rings is 1. The predicted molar refractivity (Wildman–Crippen MR) is 125 cm³/mol. The third-order valence-corrected chi connectivity index (χ3v) is 5.37. The average molecular weight is 448 g/mol. The van der Waals surface area contributed by atoms with Crippen LogP contribution in [0.25, 0.3) is 10.8 Å². The molecule has 9 heteroatoms. The molecule has 0 unspecified atom stereocenters. The maximum atomic E-state index is 13.0. The van der Waals surface area contributed by atoms with E-state index in [9.17, 15) is 14.4 Å². The first-order chi connectivity index (χ1) is 15.4. The van der Waals surface area contributed by atoms with Crippen LogP contribution >= 0.6 is 11.3 Å². The van der Waals surface area contributed by atoms with E-state index in [2.05, 4.69) is 20.7 Å². The van der Waals surface area contributed by atoms with Crippen molar-refractivity contribution in [3.8, 4) is 0 Å². The lowest BCUT2D eigenvalue weighted by molar-refractivity contribution is 0.101. The third-order valence-electron chi connectivity index (χ3n) is 4.68. The van der Waals surface area contributed by atoms with Gasteiger partial charge in [-0.3, -0.25) is 19.7 Å². The molecule has 0 bridgehead atoms. The zero-order valence-corrected chi connectivity index (χ0v) is 18.3. The zero-order chi connectivity index (χ0) is 22.7. The Hall–Kier alpha value is -3.85. The third kappa shape index (κ3) is 4.57. The van der Waals surface area contributed by atoms with E-state index in [0.717, 1.165) is 0 Å². The van der Waals surface area contributed by atoms with E-state index < -0.39 is 5.91 Å². The highest BCUT2D eigenvalue weighted by atomic mass is 32.1. The molecule has 4 aromatic rings. The highest BCUT2D eigenvalue weighted by Crippen LogP contribution is 2.18. The number of rotatable bonds is 6. The van der Waals surface area contributed by atoms with Crippen molar-refractivity contribution in [3.05, 3.63) is 81.7 Å². The molecule has 0 spiro atoms. The summed E-state index contributed by atoms with van der Waals surface area (Å²) >= 11 is 1.33. The minimum atomic E-state index is -0.432. The first-order valence-corrected chi connectivity index (χ1v) is 10.9. The second-order valence-electron chi connectivity index (χ2n) is 7.60. The summed E-state index contributed by atoms with van der Waals surface area (Å²) in [4.78, 5) is 42.1. The fourth-order valence-electron chi connectivity index (χ4n) is 3.22. The van der Waals surface area contributed by atoms with Crippen LogP contribution in [0.2, 0.25) is 0 Å². The number of nitrogens with zero attached hydrogens (tertiary/aromatic N) is 3. The number of aromatic nitrogens is 3. The molecule has 2 amide bonds. The molecule has 2 heterocycles. The Morgan fingerprint density at radius 1 is 1.00 bits per heavy atom. The molecule has 2 aromatic carbocycles. The topological polar surface area (TPSA) is 106 Å². The average Bonchev–Trinajstić information content (AvgIpc) is 3.29. The molecule has 0 radical (unpaired) electrons. The molecule has 0 aliphatic rings. The van der Waals surface area contributed by atoms with Gasteiger partial charge in [0.1, 0.15) is 0 Å². The van der Waals surface area contributed by atoms with E-state index in [-0.39, 0.29) is 23.1 Å². The van der Waals surface area contributed by atoms with Crippen molar-refractivity contribution in [2.45, 2.75) is 20.4 Å². The van der Waals surface area contributed by atoms with Crippen LogP contribution in [0.15, 0.2) is 64.9 Å². The standard InChI is InChI=1S/C23H21N5O3S/c1-14(2)13-28-22(31)18-6-4-3-5-17(18)19(27-28)21(30)25-16-9-7-15(8-10-16)20(29)26-23-24-11-12-32-23/h3-12,14H,13H2,1-2H3,(H,25,30)(H,24,26,29). The second kappa shape index (κ2) is 9.11. The van der Waals surface area contributed by atoms with Crippen LogP contribution in [-0.2, 0) is 6.54 Å². The summed E-state index contributed by atoms with van der Waals surface area (Å²) in [6.45, 7) is 4.37. The van der Waals surface area contributed by atoms with Crippen molar-refractivity contribution in [1.82, 2.24) is 14.8 Å². The monoisotopic (exact) mass is 447 g/mol. The van der Waals surface area contributed by atoms with E-state index in [1.165, 1.54) is 16.0 Å². The molecule has 0 saturated heterocycles. The molecule has 2 aromatic heterocycles. The van der Waals surface area contributed by atoms with Crippen molar-refractivity contribution in [2.75, 3.05) is 10.6 Å². The molecule has 0 aliphatic carbocycles. The second-order valence-corrected chi connectivity index (χ2v) is 8.49. The number of fused-ring (bicyclic) bond motifs is 1. The number of anilines is 2. The number of hydrogen-bond donors (Lipinski definition) is 2. The van der Waals surface area contributed by atoms with Gasteiger partial charge in [-0.25, -0.2) is 9.67 Å². The molecule has 0 saturated carbocycles. The number of benzene rings is 2. The maximum Gasteiger partial charge on any atom is 0.276 e. The molecular weight excluding hydrogens is 426 g/mol. The lowest BCUT2D eigenvalue weighted by atomic mass is 10.1. The van der Waals surface area contributed by atoms with Crippen LogP contribution in [0.5, 0.6) is 0 Å². The van der Waals surface area contributed by atoms with Crippen LogP contribution in [-0.4, -0.2) is 26.6 Å². The molecule has 0 aliphatic heterocycles. The smallest absolute Gasteiger partial charge is 0.276 e. The zero-order valence-electron chi connectivity index (χ0n) is 17.5.